The monoisotopic (exact) mass is 316 g/mol. The molecule has 1 aromatic carbocycles. The standard InChI is InChI=1S/C16H26Cl2N2/c1-6-16(7-2,20(4)5)15(19-3)10-12-8-9-13(17)11-14(12)18/h8-9,11,15,19H,6-7,10H2,1-5H3. The molecule has 0 saturated carbocycles. The van der Waals surface area contributed by atoms with E-state index in [0.29, 0.717) is 11.1 Å². The first-order valence-electron chi connectivity index (χ1n) is 7.19. The van der Waals surface area contributed by atoms with Crippen molar-refractivity contribution in [1.82, 2.24) is 10.2 Å². The number of nitrogens with zero attached hydrogens (tertiary/aromatic N) is 1. The van der Waals surface area contributed by atoms with Crippen LogP contribution >= 0.6 is 23.2 Å². The Hall–Kier alpha value is -0.280. The van der Waals surface area contributed by atoms with E-state index < -0.39 is 0 Å². The van der Waals surface area contributed by atoms with Crippen molar-refractivity contribution >= 4 is 23.2 Å². The molecule has 1 aromatic rings. The molecule has 0 aliphatic carbocycles. The van der Waals surface area contributed by atoms with Gasteiger partial charge in [0.1, 0.15) is 0 Å². The van der Waals surface area contributed by atoms with E-state index in [1.54, 1.807) is 0 Å². The predicted molar refractivity (Wildman–Crippen MR) is 90.0 cm³/mol. The zero-order chi connectivity index (χ0) is 15.3. The Bertz CT molecular complexity index is 428. The average molecular weight is 317 g/mol. The van der Waals surface area contributed by atoms with Crippen LogP contribution in [0.1, 0.15) is 32.3 Å². The zero-order valence-corrected chi connectivity index (χ0v) is 14.6. The molecule has 1 atom stereocenters. The molecule has 20 heavy (non-hydrogen) atoms. The van der Waals surface area contributed by atoms with E-state index >= 15 is 0 Å². The van der Waals surface area contributed by atoms with Crippen LogP contribution in [-0.2, 0) is 6.42 Å². The van der Waals surface area contributed by atoms with E-state index in [-0.39, 0.29) is 5.54 Å². The maximum Gasteiger partial charge on any atom is 0.0453 e. The highest BCUT2D eigenvalue weighted by Crippen LogP contribution is 2.30. The quantitative estimate of drug-likeness (QED) is 0.809. The molecular formula is C16H26Cl2N2. The Morgan fingerprint density at radius 2 is 1.80 bits per heavy atom. The number of nitrogens with one attached hydrogen (secondary N) is 1. The smallest absolute Gasteiger partial charge is 0.0453 e. The summed E-state index contributed by atoms with van der Waals surface area (Å²) in [6.45, 7) is 4.49. The minimum Gasteiger partial charge on any atom is -0.315 e. The van der Waals surface area contributed by atoms with Gasteiger partial charge < -0.3 is 10.2 Å². The number of likely N-dealkylation sites (N-methyl/N-ethyl adjacent to an activating group) is 2. The van der Waals surface area contributed by atoms with Crippen LogP contribution in [0.15, 0.2) is 18.2 Å². The molecule has 0 heterocycles. The molecule has 0 radical (unpaired) electrons. The van der Waals surface area contributed by atoms with E-state index in [2.05, 4.69) is 38.2 Å². The van der Waals surface area contributed by atoms with Crippen LogP contribution < -0.4 is 5.32 Å². The molecule has 0 saturated heterocycles. The van der Waals surface area contributed by atoms with Gasteiger partial charge in [-0.2, -0.15) is 0 Å². The maximum atomic E-state index is 6.32. The van der Waals surface area contributed by atoms with E-state index in [9.17, 15) is 0 Å². The fraction of sp³-hybridized carbons (Fsp3) is 0.625. The Morgan fingerprint density at radius 1 is 1.20 bits per heavy atom. The normalized spacial score (nSPS) is 13.8. The lowest BCUT2D eigenvalue weighted by molar-refractivity contribution is 0.0918. The number of hydrogen-bond donors (Lipinski definition) is 1. The molecule has 1 unspecified atom stereocenters. The highest BCUT2D eigenvalue weighted by atomic mass is 35.5. The maximum absolute atomic E-state index is 6.32. The first kappa shape index (κ1) is 17.8. The van der Waals surface area contributed by atoms with Gasteiger partial charge in [-0.25, -0.2) is 0 Å². The Morgan fingerprint density at radius 3 is 2.20 bits per heavy atom. The van der Waals surface area contributed by atoms with Gasteiger partial charge >= 0.3 is 0 Å². The van der Waals surface area contributed by atoms with Gasteiger partial charge in [0.2, 0.25) is 0 Å². The molecule has 0 aromatic heterocycles. The van der Waals surface area contributed by atoms with Crippen molar-refractivity contribution in [2.24, 2.45) is 0 Å². The topological polar surface area (TPSA) is 15.3 Å². The molecule has 0 aliphatic heterocycles. The SMILES string of the molecule is CCC(CC)(C(Cc1ccc(Cl)cc1Cl)NC)N(C)C. The van der Waals surface area contributed by atoms with Crippen LogP contribution in [0.25, 0.3) is 0 Å². The summed E-state index contributed by atoms with van der Waals surface area (Å²) in [5, 5.41) is 4.92. The summed E-state index contributed by atoms with van der Waals surface area (Å²) in [6, 6.07) is 6.09. The van der Waals surface area contributed by atoms with E-state index in [1.807, 2.05) is 25.2 Å². The van der Waals surface area contributed by atoms with Gasteiger partial charge in [0.15, 0.2) is 0 Å². The van der Waals surface area contributed by atoms with Crippen molar-refractivity contribution in [2.75, 3.05) is 21.1 Å². The average Bonchev–Trinajstić information content (AvgIpc) is 2.41. The second-order valence-electron chi connectivity index (χ2n) is 5.49. The van der Waals surface area contributed by atoms with Crippen LogP contribution in [0.4, 0.5) is 0 Å². The summed E-state index contributed by atoms with van der Waals surface area (Å²) in [5.41, 5.74) is 1.26. The lowest BCUT2D eigenvalue weighted by Crippen LogP contribution is -2.58. The van der Waals surface area contributed by atoms with Gasteiger partial charge in [-0.05, 0) is 58.1 Å². The van der Waals surface area contributed by atoms with Crippen LogP contribution in [0, 0.1) is 0 Å². The largest absolute Gasteiger partial charge is 0.315 e. The van der Waals surface area contributed by atoms with E-state index in [0.717, 1.165) is 29.8 Å². The van der Waals surface area contributed by atoms with Crippen molar-refractivity contribution in [3.05, 3.63) is 33.8 Å². The highest BCUT2D eigenvalue weighted by molar-refractivity contribution is 6.35. The lowest BCUT2D eigenvalue weighted by Gasteiger charge is -2.45. The van der Waals surface area contributed by atoms with Crippen molar-refractivity contribution in [3.63, 3.8) is 0 Å². The fourth-order valence-corrected chi connectivity index (χ4v) is 3.64. The van der Waals surface area contributed by atoms with E-state index in [4.69, 9.17) is 23.2 Å². The van der Waals surface area contributed by atoms with Crippen molar-refractivity contribution in [2.45, 2.75) is 44.7 Å². The summed E-state index contributed by atoms with van der Waals surface area (Å²) in [4.78, 5) is 2.33. The van der Waals surface area contributed by atoms with Crippen LogP contribution in [-0.4, -0.2) is 37.6 Å². The third kappa shape index (κ3) is 3.67. The molecule has 2 nitrogen and oxygen atoms in total. The van der Waals surface area contributed by atoms with Gasteiger partial charge in [0.25, 0.3) is 0 Å². The first-order chi connectivity index (χ1) is 9.41. The summed E-state index contributed by atoms with van der Waals surface area (Å²) >= 11 is 12.3. The Kier molecular flexibility index (Phi) is 6.80. The lowest BCUT2D eigenvalue weighted by atomic mass is 9.80. The summed E-state index contributed by atoms with van der Waals surface area (Å²) in [5.74, 6) is 0. The predicted octanol–water partition coefficient (Wildman–Crippen LogP) is 4.24. The van der Waals surface area contributed by atoms with Crippen molar-refractivity contribution in [1.29, 1.82) is 0 Å². The number of benzene rings is 1. The van der Waals surface area contributed by atoms with Gasteiger partial charge in [-0.15, -0.1) is 0 Å². The molecule has 0 fully saturated rings. The molecule has 0 amide bonds. The van der Waals surface area contributed by atoms with Gasteiger partial charge in [0, 0.05) is 21.6 Å². The second kappa shape index (κ2) is 7.65. The van der Waals surface area contributed by atoms with Gasteiger partial charge in [-0.1, -0.05) is 43.1 Å². The van der Waals surface area contributed by atoms with E-state index in [1.165, 1.54) is 0 Å². The van der Waals surface area contributed by atoms with Crippen molar-refractivity contribution in [3.8, 4) is 0 Å². The molecule has 0 spiro atoms. The second-order valence-corrected chi connectivity index (χ2v) is 6.33. The number of halogens is 2. The molecule has 4 heteroatoms. The zero-order valence-electron chi connectivity index (χ0n) is 13.1. The van der Waals surface area contributed by atoms with Gasteiger partial charge in [-0.3, -0.25) is 0 Å². The molecule has 1 N–H and O–H groups in total. The Labute approximate surface area is 133 Å². The molecule has 1 rings (SSSR count). The Balaban J connectivity index is 3.06. The third-order valence-electron chi connectivity index (χ3n) is 4.55. The first-order valence-corrected chi connectivity index (χ1v) is 7.95. The van der Waals surface area contributed by atoms with Gasteiger partial charge in [0.05, 0.1) is 0 Å². The number of rotatable bonds is 7. The molecule has 0 bridgehead atoms. The summed E-state index contributed by atoms with van der Waals surface area (Å²) < 4.78 is 0. The van der Waals surface area contributed by atoms with Crippen LogP contribution in [0.5, 0.6) is 0 Å². The molecular weight excluding hydrogens is 291 g/mol. The van der Waals surface area contributed by atoms with Crippen LogP contribution in [0.3, 0.4) is 0 Å². The highest BCUT2D eigenvalue weighted by Gasteiger charge is 2.37. The minimum atomic E-state index is 0.123. The molecule has 0 aliphatic rings. The van der Waals surface area contributed by atoms with Crippen molar-refractivity contribution < 1.29 is 0 Å². The van der Waals surface area contributed by atoms with Crippen LogP contribution in [0.2, 0.25) is 10.0 Å². The third-order valence-corrected chi connectivity index (χ3v) is 5.14. The molecule has 114 valence electrons. The summed E-state index contributed by atoms with van der Waals surface area (Å²) in [7, 11) is 6.33. The summed E-state index contributed by atoms with van der Waals surface area (Å²) in [6.07, 6.45) is 3.08. The minimum absolute atomic E-state index is 0.123. The number of hydrogen-bond acceptors (Lipinski definition) is 2. The fourth-order valence-electron chi connectivity index (χ4n) is 3.15.